The summed E-state index contributed by atoms with van der Waals surface area (Å²) in [7, 11) is 0. The lowest BCUT2D eigenvalue weighted by Crippen LogP contribution is -2.03. The first kappa shape index (κ1) is 32.4. The van der Waals surface area contributed by atoms with Crippen LogP contribution in [-0.2, 0) is 0 Å². The first-order chi connectivity index (χ1) is 28.8. The van der Waals surface area contributed by atoms with E-state index in [9.17, 15) is 0 Å². The first-order valence-electron chi connectivity index (χ1n) is 19.8. The van der Waals surface area contributed by atoms with Crippen LogP contribution in [0.4, 0.5) is 0 Å². The highest BCUT2D eigenvalue weighted by atomic mass is 15.2. The number of benzene rings is 9. The van der Waals surface area contributed by atoms with Crippen LogP contribution in [0.25, 0.3) is 110 Å². The van der Waals surface area contributed by atoms with Crippen molar-refractivity contribution in [3.63, 3.8) is 0 Å². The number of hydrogen-bond acceptors (Lipinski definition) is 2. The molecule has 0 N–H and O–H groups in total. The minimum atomic E-state index is 0.658. The van der Waals surface area contributed by atoms with Crippen molar-refractivity contribution >= 4 is 65.3 Å². The first-order valence-corrected chi connectivity index (χ1v) is 19.8. The fraction of sp³-hybridized carbons (Fsp3) is 0. The van der Waals surface area contributed by atoms with Crippen molar-refractivity contribution in [1.82, 2.24) is 19.1 Å². The molecule has 0 aliphatic rings. The van der Waals surface area contributed by atoms with E-state index in [0.29, 0.717) is 5.95 Å². The van der Waals surface area contributed by atoms with Gasteiger partial charge in [-0.15, -0.1) is 0 Å². The van der Waals surface area contributed by atoms with E-state index in [-0.39, 0.29) is 0 Å². The SMILES string of the molecule is c1ccc(-c2cccc(-n3c4ccccc4c4ccc(-c5cc6c7ccccc7n(-c7nc(-c8ccccc8)c8ccccc8n7)c6c6ccccc56)cc43)c2)cc1. The molecule has 0 saturated heterocycles. The summed E-state index contributed by atoms with van der Waals surface area (Å²) in [5.74, 6) is 0.658. The summed E-state index contributed by atoms with van der Waals surface area (Å²) in [5.41, 5.74) is 13.3. The second-order valence-electron chi connectivity index (χ2n) is 15.0. The maximum absolute atomic E-state index is 5.37. The number of hydrogen-bond donors (Lipinski definition) is 0. The summed E-state index contributed by atoms with van der Waals surface area (Å²) < 4.78 is 4.70. The summed E-state index contributed by atoms with van der Waals surface area (Å²) in [6.07, 6.45) is 0. The Morgan fingerprint density at radius 1 is 0.310 bits per heavy atom. The Kier molecular flexibility index (Phi) is 7.20. The van der Waals surface area contributed by atoms with Crippen molar-refractivity contribution < 1.29 is 0 Å². The number of aromatic nitrogens is 4. The van der Waals surface area contributed by atoms with E-state index in [4.69, 9.17) is 9.97 Å². The fourth-order valence-corrected chi connectivity index (χ4v) is 9.12. The summed E-state index contributed by atoms with van der Waals surface area (Å²) >= 11 is 0. The molecule has 3 heterocycles. The standard InChI is InChI=1S/C54H34N4/c1-3-16-35(17-4-1)37-20-15-21-39(32-37)57-49-28-13-10-23-41(49)43-31-30-38(33-51(43)57)46-34-47-42-24-11-14-29-50(42)58(53(47)44-25-8-7-22-40(44)46)54-55-48-27-12-9-26-45(48)52(56-54)36-18-5-2-6-19-36/h1-34H. The van der Waals surface area contributed by atoms with Gasteiger partial charge < -0.3 is 4.57 Å². The zero-order valence-electron chi connectivity index (χ0n) is 31.4. The molecule has 4 nitrogen and oxygen atoms in total. The molecule has 12 aromatic rings. The molecule has 0 saturated carbocycles. The van der Waals surface area contributed by atoms with Crippen LogP contribution in [0.2, 0.25) is 0 Å². The number of fused-ring (bicyclic) bond motifs is 9. The van der Waals surface area contributed by atoms with Crippen molar-refractivity contribution in [1.29, 1.82) is 0 Å². The molecule has 9 aromatic carbocycles. The predicted octanol–water partition coefficient (Wildman–Crippen LogP) is 14.0. The molecule has 0 aliphatic heterocycles. The smallest absolute Gasteiger partial charge is 0.235 e. The van der Waals surface area contributed by atoms with E-state index in [1.54, 1.807) is 0 Å². The van der Waals surface area contributed by atoms with Gasteiger partial charge in [0.25, 0.3) is 0 Å². The average molecular weight is 739 g/mol. The van der Waals surface area contributed by atoms with Gasteiger partial charge in [0.05, 0.1) is 33.3 Å². The minimum absolute atomic E-state index is 0.658. The van der Waals surface area contributed by atoms with Crippen LogP contribution in [0.15, 0.2) is 206 Å². The summed E-state index contributed by atoms with van der Waals surface area (Å²) in [6, 6.07) is 73.9. The van der Waals surface area contributed by atoms with E-state index in [2.05, 4.69) is 209 Å². The molecule has 0 unspecified atom stereocenters. The van der Waals surface area contributed by atoms with Gasteiger partial charge in [0, 0.05) is 43.6 Å². The van der Waals surface area contributed by atoms with Crippen molar-refractivity contribution in [2.45, 2.75) is 0 Å². The maximum atomic E-state index is 5.37. The topological polar surface area (TPSA) is 35.6 Å². The van der Waals surface area contributed by atoms with E-state index >= 15 is 0 Å². The molecule has 0 fully saturated rings. The highest BCUT2D eigenvalue weighted by Crippen LogP contribution is 2.43. The molecule has 0 spiro atoms. The third kappa shape index (κ3) is 4.95. The van der Waals surface area contributed by atoms with Crippen molar-refractivity contribution in [3.8, 4) is 45.1 Å². The Balaban J connectivity index is 1.12. The molecule has 0 amide bonds. The molecule has 3 aromatic heterocycles. The van der Waals surface area contributed by atoms with Gasteiger partial charge in [-0.1, -0.05) is 164 Å². The second-order valence-corrected chi connectivity index (χ2v) is 15.0. The predicted molar refractivity (Wildman–Crippen MR) is 242 cm³/mol. The van der Waals surface area contributed by atoms with Crippen LogP contribution in [0, 0.1) is 0 Å². The van der Waals surface area contributed by atoms with Gasteiger partial charge in [-0.25, -0.2) is 9.97 Å². The highest BCUT2D eigenvalue weighted by Gasteiger charge is 2.22. The molecule has 58 heavy (non-hydrogen) atoms. The lowest BCUT2D eigenvalue weighted by Gasteiger charge is -2.14. The normalized spacial score (nSPS) is 11.8. The van der Waals surface area contributed by atoms with Gasteiger partial charge in [0.2, 0.25) is 5.95 Å². The molecule has 270 valence electrons. The fourth-order valence-electron chi connectivity index (χ4n) is 9.12. The van der Waals surface area contributed by atoms with Gasteiger partial charge in [-0.3, -0.25) is 4.57 Å². The van der Waals surface area contributed by atoms with E-state index < -0.39 is 0 Å². The highest BCUT2D eigenvalue weighted by molar-refractivity contribution is 6.22. The lowest BCUT2D eigenvalue weighted by atomic mass is 9.94. The van der Waals surface area contributed by atoms with Crippen molar-refractivity contribution in [2.75, 3.05) is 0 Å². The quantitative estimate of drug-likeness (QED) is 0.176. The van der Waals surface area contributed by atoms with Crippen LogP contribution >= 0.6 is 0 Å². The molecule has 0 bridgehead atoms. The average Bonchev–Trinajstić information content (AvgIpc) is 3.82. The van der Waals surface area contributed by atoms with E-state index in [0.717, 1.165) is 49.7 Å². The monoisotopic (exact) mass is 738 g/mol. The molecule has 0 radical (unpaired) electrons. The molecular formula is C54H34N4. The molecular weight excluding hydrogens is 705 g/mol. The molecule has 4 heteroatoms. The minimum Gasteiger partial charge on any atom is -0.309 e. The summed E-state index contributed by atoms with van der Waals surface area (Å²) in [4.78, 5) is 10.6. The van der Waals surface area contributed by atoms with Gasteiger partial charge in [-0.2, -0.15) is 0 Å². The van der Waals surface area contributed by atoms with Crippen LogP contribution in [0.1, 0.15) is 0 Å². The Labute approximate surface area is 334 Å². The largest absolute Gasteiger partial charge is 0.309 e. The van der Waals surface area contributed by atoms with Crippen molar-refractivity contribution in [2.24, 2.45) is 0 Å². The Morgan fingerprint density at radius 2 is 0.897 bits per heavy atom. The lowest BCUT2D eigenvalue weighted by molar-refractivity contribution is 1.02. The Hall–Kier alpha value is -7.82. The third-order valence-electron chi connectivity index (χ3n) is 11.7. The zero-order valence-corrected chi connectivity index (χ0v) is 31.4. The Morgan fingerprint density at radius 3 is 1.67 bits per heavy atom. The van der Waals surface area contributed by atoms with Gasteiger partial charge in [-0.05, 0) is 70.1 Å². The summed E-state index contributed by atoms with van der Waals surface area (Å²) in [5, 5.41) is 8.16. The Bertz CT molecular complexity index is 3560. The van der Waals surface area contributed by atoms with Gasteiger partial charge in [0.1, 0.15) is 0 Å². The van der Waals surface area contributed by atoms with Crippen LogP contribution in [0.5, 0.6) is 0 Å². The van der Waals surface area contributed by atoms with E-state index in [1.165, 1.54) is 54.8 Å². The summed E-state index contributed by atoms with van der Waals surface area (Å²) in [6.45, 7) is 0. The van der Waals surface area contributed by atoms with Gasteiger partial charge >= 0.3 is 0 Å². The van der Waals surface area contributed by atoms with Gasteiger partial charge in [0.15, 0.2) is 0 Å². The van der Waals surface area contributed by atoms with Crippen LogP contribution in [0.3, 0.4) is 0 Å². The molecule has 12 rings (SSSR count). The third-order valence-corrected chi connectivity index (χ3v) is 11.7. The number of rotatable bonds is 5. The van der Waals surface area contributed by atoms with Crippen LogP contribution in [-0.4, -0.2) is 19.1 Å². The van der Waals surface area contributed by atoms with Crippen LogP contribution < -0.4 is 0 Å². The molecule has 0 atom stereocenters. The van der Waals surface area contributed by atoms with E-state index in [1.807, 2.05) is 6.07 Å². The number of para-hydroxylation sites is 3. The second kappa shape index (κ2) is 12.9. The zero-order chi connectivity index (χ0) is 38.2. The molecule has 0 aliphatic carbocycles. The number of nitrogens with zero attached hydrogens (tertiary/aromatic N) is 4. The van der Waals surface area contributed by atoms with Crippen molar-refractivity contribution in [3.05, 3.63) is 206 Å². The maximum Gasteiger partial charge on any atom is 0.235 e.